The Bertz CT molecular complexity index is 787. The van der Waals surface area contributed by atoms with Crippen molar-refractivity contribution in [1.29, 1.82) is 0 Å². The standard InChI is InChI=1S/C27H36O/c1-25-16-7-6-10-21(25)11-12-22-23(25)14-17-26(2)24(22)15-19-27(26,28)18-13-20-8-4-3-5-9-20/h3-5,8-9,21-24,28H,6-7,10-12,14-17,19H2,1-2H3/t21-,22-,23+,24-,25-,26-,27-/m1/s1. The smallest absolute Gasteiger partial charge is 0.131 e. The van der Waals surface area contributed by atoms with Crippen LogP contribution in [0, 0.1) is 46.3 Å². The van der Waals surface area contributed by atoms with Gasteiger partial charge < -0.3 is 5.11 Å². The maximum atomic E-state index is 11.7. The molecule has 0 spiro atoms. The third-order valence-electron chi connectivity index (χ3n) is 9.92. The van der Waals surface area contributed by atoms with Crippen LogP contribution in [-0.4, -0.2) is 10.7 Å². The molecule has 150 valence electrons. The van der Waals surface area contributed by atoms with Gasteiger partial charge in [-0.3, -0.25) is 0 Å². The lowest BCUT2D eigenvalue weighted by Crippen LogP contribution is -2.55. The molecule has 4 fully saturated rings. The molecule has 1 N–H and O–H groups in total. The molecule has 1 nitrogen and oxygen atoms in total. The molecule has 5 rings (SSSR count). The van der Waals surface area contributed by atoms with Crippen LogP contribution in [-0.2, 0) is 0 Å². The Hall–Kier alpha value is -1.26. The van der Waals surface area contributed by atoms with Gasteiger partial charge in [0, 0.05) is 11.0 Å². The first-order valence-electron chi connectivity index (χ1n) is 11.8. The predicted octanol–water partition coefficient (Wildman–Crippen LogP) is 6.20. The molecule has 0 unspecified atom stereocenters. The average Bonchev–Trinajstić information content (AvgIpc) is 2.98. The maximum Gasteiger partial charge on any atom is 0.131 e. The third-order valence-corrected chi connectivity index (χ3v) is 9.92. The summed E-state index contributed by atoms with van der Waals surface area (Å²) in [5.74, 6) is 10.0. The van der Waals surface area contributed by atoms with Crippen LogP contribution in [0.25, 0.3) is 0 Å². The molecule has 0 radical (unpaired) electrons. The van der Waals surface area contributed by atoms with E-state index in [9.17, 15) is 5.11 Å². The SMILES string of the molecule is C[C@@]12CCCC[C@@H]1CC[C@H]1[C@H]3CC[C@](O)(C#Cc4ccccc4)[C@]3(C)CC[C@@H]12. The van der Waals surface area contributed by atoms with Crippen molar-refractivity contribution in [1.82, 2.24) is 0 Å². The summed E-state index contributed by atoms with van der Waals surface area (Å²) in [4.78, 5) is 0. The van der Waals surface area contributed by atoms with Crippen molar-refractivity contribution in [3.05, 3.63) is 35.9 Å². The summed E-state index contributed by atoms with van der Waals surface area (Å²) < 4.78 is 0. The van der Waals surface area contributed by atoms with Gasteiger partial charge in [-0.15, -0.1) is 0 Å². The molecule has 4 saturated carbocycles. The molecule has 28 heavy (non-hydrogen) atoms. The summed E-state index contributed by atoms with van der Waals surface area (Å²) in [5.41, 5.74) is 0.738. The normalized spacial score (nSPS) is 47.2. The van der Waals surface area contributed by atoms with Gasteiger partial charge in [-0.2, -0.15) is 0 Å². The van der Waals surface area contributed by atoms with Crippen molar-refractivity contribution in [2.24, 2.45) is 34.5 Å². The largest absolute Gasteiger partial charge is 0.377 e. The molecule has 0 amide bonds. The highest BCUT2D eigenvalue weighted by Gasteiger charge is 2.64. The highest BCUT2D eigenvalue weighted by Crippen LogP contribution is 2.68. The summed E-state index contributed by atoms with van der Waals surface area (Å²) in [6.07, 6.45) is 13.1. The predicted molar refractivity (Wildman–Crippen MR) is 115 cm³/mol. The topological polar surface area (TPSA) is 20.2 Å². The Morgan fingerprint density at radius 2 is 1.64 bits per heavy atom. The molecule has 4 aliphatic carbocycles. The molecule has 0 aliphatic heterocycles. The van der Waals surface area contributed by atoms with Crippen LogP contribution >= 0.6 is 0 Å². The van der Waals surface area contributed by atoms with Gasteiger partial charge in [-0.05, 0) is 92.6 Å². The maximum absolute atomic E-state index is 11.7. The van der Waals surface area contributed by atoms with Crippen LogP contribution in [0.4, 0.5) is 0 Å². The lowest BCUT2D eigenvalue weighted by atomic mass is 9.44. The zero-order valence-corrected chi connectivity index (χ0v) is 17.7. The first-order chi connectivity index (χ1) is 13.5. The summed E-state index contributed by atoms with van der Waals surface area (Å²) >= 11 is 0. The Kier molecular flexibility index (Phi) is 4.44. The highest BCUT2D eigenvalue weighted by atomic mass is 16.3. The van der Waals surface area contributed by atoms with Crippen molar-refractivity contribution >= 4 is 0 Å². The van der Waals surface area contributed by atoms with E-state index < -0.39 is 5.60 Å². The summed E-state index contributed by atoms with van der Waals surface area (Å²) in [7, 11) is 0. The third kappa shape index (κ3) is 2.64. The molecule has 7 atom stereocenters. The van der Waals surface area contributed by atoms with E-state index >= 15 is 0 Å². The van der Waals surface area contributed by atoms with Crippen molar-refractivity contribution in [3.63, 3.8) is 0 Å². The molecule has 0 heterocycles. The molecule has 0 bridgehead atoms. The van der Waals surface area contributed by atoms with E-state index in [4.69, 9.17) is 0 Å². The minimum Gasteiger partial charge on any atom is -0.377 e. The number of rotatable bonds is 0. The highest BCUT2D eigenvalue weighted by molar-refractivity contribution is 5.38. The van der Waals surface area contributed by atoms with Gasteiger partial charge in [0.15, 0.2) is 0 Å². The molecule has 0 aromatic heterocycles. The van der Waals surface area contributed by atoms with Crippen LogP contribution in [0.1, 0.15) is 83.6 Å². The first-order valence-corrected chi connectivity index (χ1v) is 11.8. The van der Waals surface area contributed by atoms with Crippen LogP contribution in [0.15, 0.2) is 30.3 Å². The van der Waals surface area contributed by atoms with E-state index in [2.05, 4.69) is 25.7 Å². The van der Waals surface area contributed by atoms with Crippen LogP contribution in [0.5, 0.6) is 0 Å². The molecule has 4 aliphatic rings. The lowest BCUT2D eigenvalue weighted by molar-refractivity contribution is -0.134. The van der Waals surface area contributed by atoms with E-state index in [-0.39, 0.29) is 5.41 Å². The van der Waals surface area contributed by atoms with Crippen LogP contribution in [0.2, 0.25) is 0 Å². The number of aliphatic hydroxyl groups is 1. The second kappa shape index (κ2) is 6.63. The summed E-state index contributed by atoms with van der Waals surface area (Å²) in [6.45, 7) is 5.00. The van der Waals surface area contributed by atoms with Crippen molar-refractivity contribution < 1.29 is 5.11 Å². The van der Waals surface area contributed by atoms with E-state index in [1.54, 1.807) is 0 Å². The number of fused-ring (bicyclic) bond motifs is 5. The Labute approximate surface area is 171 Å². The van der Waals surface area contributed by atoms with Gasteiger partial charge in [0.1, 0.15) is 5.60 Å². The molecule has 1 aromatic rings. The number of benzene rings is 1. The molecular formula is C27H36O. The van der Waals surface area contributed by atoms with Gasteiger partial charge in [-0.25, -0.2) is 0 Å². The summed E-state index contributed by atoms with van der Waals surface area (Å²) in [5, 5.41) is 11.7. The van der Waals surface area contributed by atoms with Gasteiger partial charge in [0.25, 0.3) is 0 Å². The van der Waals surface area contributed by atoms with Gasteiger partial charge >= 0.3 is 0 Å². The Morgan fingerprint density at radius 3 is 2.46 bits per heavy atom. The fourth-order valence-corrected chi connectivity index (χ4v) is 8.21. The second-order valence-corrected chi connectivity index (χ2v) is 10.9. The molecule has 0 saturated heterocycles. The van der Waals surface area contributed by atoms with Gasteiger partial charge in [0.05, 0.1) is 0 Å². The number of hydrogen-bond donors (Lipinski definition) is 1. The molecular weight excluding hydrogens is 340 g/mol. The zero-order chi connectivity index (χ0) is 19.4. The quantitative estimate of drug-likeness (QED) is 0.534. The monoisotopic (exact) mass is 376 g/mol. The van der Waals surface area contributed by atoms with Gasteiger partial charge in [-0.1, -0.05) is 56.7 Å². The van der Waals surface area contributed by atoms with E-state index in [0.29, 0.717) is 11.3 Å². The second-order valence-electron chi connectivity index (χ2n) is 10.9. The van der Waals surface area contributed by atoms with Crippen molar-refractivity contribution in [2.45, 2.75) is 83.7 Å². The Balaban J connectivity index is 1.43. The van der Waals surface area contributed by atoms with Gasteiger partial charge in [0.2, 0.25) is 0 Å². The lowest BCUT2D eigenvalue weighted by Gasteiger charge is -2.60. The van der Waals surface area contributed by atoms with Crippen molar-refractivity contribution in [3.8, 4) is 11.8 Å². The first kappa shape index (κ1) is 18.7. The fourth-order valence-electron chi connectivity index (χ4n) is 8.21. The molecule has 1 heteroatoms. The zero-order valence-electron chi connectivity index (χ0n) is 17.7. The number of hydrogen-bond acceptors (Lipinski definition) is 1. The van der Waals surface area contributed by atoms with E-state index in [0.717, 1.165) is 36.2 Å². The van der Waals surface area contributed by atoms with Crippen LogP contribution < -0.4 is 0 Å². The average molecular weight is 377 g/mol. The molecule has 1 aromatic carbocycles. The van der Waals surface area contributed by atoms with Crippen LogP contribution in [0.3, 0.4) is 0 Å². The van der Waals surface area contributed by atoms with E-state index in [1.807, 2.05) is 30.3 Å². The Morgan fingerprint density at radius 1 is 0.857 bits per heavy atom. The minimum absolute atomic E-state index is 0.0339. The fraction of sp³-hybridized carbons (Fsp3) is 0.704. The van der Waals surface area contributed by atoms with E-state index in [1.165, 1.54) is 51.4 Å². The summed E-state index contributed by atoms with van der Waals surface area (Å²) in [6, 6.07) is 10.2. The minimum atomic E-state index is -0.817. The van der Waals surface area contributed by atoms with Crippen molar-refractivity contribution in [2.75, 3.05) is 0 Å².